The van der Waals surface area contributed by atoms with Gasteiger partial charge in [0.1, 0.15) is 0 Å². The predicted octanol–water partition coefficient (Wildman–Crippen LogP) is 2.25. The number of fused-ring (bicyclic) bond motifs is 1. The fourth-order valence-electron chi connectivity index (χ4n) is 2.47. The maximum Gasteiger partial charge on any atom is 0.232 e. The molecule has 19 heavy (non-hydrogen) atoms. The second-order valence-electron chi connectivity index (χ2n) is 4.79. The molecule has 1 aliphatic rings. The van der Waals surface area contributed by atoms with Gasteiger partial charge in [0, 0.05) is 25.0 Å². The first kappa shape index (κ1) is 15.8. The molecule has 0 radical (unpaired) electrons. The molecule has 0 aromatic heterocycles. The zero-order chi connectivity index (χ0) is 13.1. The molecule has 4 nitrogen and oxygen atoms in total. The average molecular weight is 285 g/mol. The number of nitrogen functional groups attached to an aromatic ring is 1. The Labute approximate surface area is 120 Å². The van der Waals surface area contributed by atoms with Crippen molar-refractivity contribution in [2.45, 2.75) is 19.8 Å². The van der Waals surface area contributed by atoms with Crippen LogP contribution < -0.4 is 10.6 Å². The standard InChI is InChI=1S/C14H20N2O2.ClH/c1-10(9-18-2)14(17)16-8-4-5-11-12(15)6-3-7-13(11)16;/h3,6-7,10H,4-5,8-9,15H2,1-2H3;1H. The Kier molecular flexibility index (Phi) is 5.63. The van der Waals surface area contributed by atoms with Crippen molar-refractivity contribution in [3.8, 4) is 0 Å². The molecule has 0 aliphatic carbocycles. The molecule has 106 valence electrons. The number of nitrogens with zero attached hydrogens (tertiary/aromatic N) is 1. The monoisotopic (exact) mass is 284 g/mol. The van der Waals surface area contributed by atoms with Gasteiger partial charge in [0.05, 0.1) is 12.5 Å². The van der Waals surface area contributed by atoms with E-state index in [0.29, 0.717) is 6.61 Å². The average Bonchev–Trinajstić information content (AvgIpc) is 2.38. The number of halogens is 1. The van der Waals surface area contributed by atoms with Crippen molar-refractivity contribution in [2.24, 2.45) is 5.92 Å². The Balaban J connectivity index is 0.00000180. The smallest absolute Gasteiger partial charge is 0.232 e. The molecule has 1 amide bonds. The molecule has 1 heterocycles. The summed E-state index contributed by atoms with van der Waals surface area (Å²) in [4.78, 5) is 14.2. The van der Waals surface area contributed by atoms with Crippen molar-refractivity contribution in [3.63, 3.8) is 0 Å². The van der Waals surface area contributed by atoms with Crippen LogP contribution in [0.25, 0.3) is 0 Å². The van der Waals surface area contributed by atoms with Gasteiger partial charge in [-0.05, 0) is 30.5 Å². The normalized spacial score (nSPS) is 15.4. The van der Waals surface area contributed by atoms with Crippen LogP contribution in [0.5, 0.6) is 0 Å². The van der Waals surface area contributed by atoms with Crippen LogP contribution in [0.1, 0.15) is 18.9 Å². The first-order chi connectivity index (χ1) is 8.65. The number of anilines is 2. The van der Waals surface area contributed by atoms with Crippen LogP contribution in [0.2, 0.25) is 0 Å². The molecule has 1 aromatic rings. The highest BCUT2D eigenvalue weighted by atomic mass is 35.5. The molecule has 0 saturated carbocycles. The number of methoxy groups -OCH3 is 1. The number of amides is 1. The number of rotatable bonds is 3. The molecule has 1 aliphatic heterocycles. The minimum atomic E-state index is -0.123. The van der Waals surface area contributed by atoms with Gasteiger partial charge in [-0.1, -0.05) is 13.0 Å². The van der Waals surface area contributed by atoms with Crippen molar-refractivity contribution in [3.05, 3.63) is 23.8 Å². The minimum absolute atomic E-state index is 0. The van der Waals surface area contributed by atoms with E-state index in [2.05, 4.69) is 0 Å². The summed E-state index contributed by atoms with van der Waals surface area (Å²) in [5.41, 5.74) is 8.82. The third-order valence-corrected chi connectivity index (χ3v) is 3.39. The molecular weight excluding hydrogens is 264 g/mol. The van der Waals surface area contributed by atoms with Crippen LogP contribution in [-0.4, -0.2) is 26.2 Å². The number of hydrogen-bond donors (Lipinski definition) is 1. The molecule has 5 heteroatoms. The highest BCUT2D eigenvalue weighted by Crippen LogP contribution is 2.32. The van der Waals surface area contributed by atoms with Crippen LogP contribution in [0.4, 0.5) is 11.4 Å². The summed E-state index contributed by atoms with van der Waals surface area (Å²) in [6, 6.07) is 5.77. The highest BCUT2D eigenvalue weighted by Gasteiger charge is 2.26. The van der Waals surface area contributed by atoms with E-state index in [-0.39, 0.29) is 24.2 Å². The largest absolute Gasteiger partial charge is 0.398 e. The van der Waals surface area contributed by atoms with Gasteiger partial charge in [0.25, 0.3) is 0 Å². The fourth-order valence-corrected chi connectivity index (χ4v) is 2.47. The molecule has 0 spiro atoms. The second-order valence-corrected chi connectivity index (χ2v) is 4.79. The Morgan fingerprint density at radius 2 is 2.26 bits per heavy atom. The lowest BCUT2D eigenvalue weighted by Crippen LogP contribution is -2.40. The zero-order valence-corrected chi connectivity index (χ0v) is 12.2. The van der Waals surface area contributed by atoms with E-state index in [9.17, 15) is 4.79 Å². The first-order valence-corrected chi connectivity index (χ1v) is 6.33. The van der Waals surface area contributed by atoms with Crippen LogP contribution in [0, 0.1) is 5.92 Å². The zero-order valence-electron chi connectivity index (χ0n) is 11.4. The van der Waals surface area contributed by atoms with E-state index < -0.39 is 0 Å². The number of carbonyl (C=O) groups excluding carboxylic acids is 1. The lowest BCUT2D eigenvalue weighted by atomic mass is 9.98. The quantitative estimate of drug-likeness (QED) is 0.866. The maximum absolute atomic E-state index is 12.4. The molecule has 2 N–H and O–H groups in total. The summed E-state index contributed by atoms with van der Waals surface area (Å²) in [5, 5.41) is 0. The molecule has 2 rings (SSSR count). The van der Waals surface area contributed by atoms with Crippen molar-refractivity contribution in [2.75, 3.05) is 30.9 Å². The molecule has 1 aromatic carbocycles. The number of hydrogen-bond acceptors (Lipinski definition) is 3. The van der Waals surface area contributed by atoms with Gasteiger partial charge < -0.3 is 15.4 Å². The fraction of sp³-hybridized carbons (Fsp3) is 0.500. The minimum Gasteiger partial charge on any atom is -0.398 e. The van der Waals surface area contributed by atoms with E-state index in [1.807, 2.05) is 30.0 Å². The van der Waals surface area contributed by atoms with Crippen LogP contribution >= 0.6 is 12.4 Å². The summed E-state index contributed by atoms with van der Waals surface area (Å²) < 4.78 is 5.06. The second kappa shape index (κ2) is 6.78. The molecule has 1 atom stereocenters. The topological polar surface area (TPSA) is 55.6 Å². The molecule has 0 fully saturated rings. The van der Waals surface area contributed by atoms with Gasteiger partial charge in [0.2, 0.25) is 5.91 Å². The molecular formula is C14H21ClN2O2. The lowest BCUT2D eigenvalue weighted by molar-refractivity contribution is -0.123. The summed E-state index contributed by atoms with van der Waals surface area (Å²) in [6.07, 6.45) is 1.91. The van der Waals surface area contributed by atoms with E-state index in [0.717, 1.165) is 36.3 Å². The number of nitrogens with two attached hydrogens (primary N) is 1. The van der Waals surface area contributed by atoms with E-state index in [1.165, 1.54) is 0 Å². The van der Waals surface area contributed by atoms with Gasteiger partial charge in [-0.25, -0.2) is 0 Å². The van der Waals surface area contributed by atoms with Gasteiger partial charge in [-0.15, -0.1) is 12.4 Å². The maximum atomic E-state index is 12.4. The van der Waals surface area contributed by atoms with E-state index in [1.54, 1.807) is 7.11 Å². The Morgan fingerprint density at radius 1 is 1.53 bits per heavy atom. The van der Waals surface area contributed by atoms with Gasteiger partial charge in [0.15, 0.2) is 0 Å². The first-order valence-electron chi connectivity index (χ1n) is 6.33. The molecule has 0 saturated heterocycles. The van der Waals surface area contributed by atoms with E-state index >= 15 is 0 Å². The Hall–Kier alpha value is -1.26. The van der Waals surface area contributed by atoms with Crippen LogP contribution in [0.15, 0.2) is 18.2 Å². The van der Waals surface area contributed by atoms with Crippen LogP contribution in [0.3, 0.4) is 0 Å². The molecule has 1 unspecified atom stereocenters. The predicted molar refractivity (Wildman–Crippen MR) is 79.8 cm³/mol. The van der Waals surface area contributed by atoms with Gasteiger partial charge in [-0.2, -0.15) is 0 Å². The summed E-state index contributed by atoms with van der Waals surface area (Å²) in [6.45, 7) is 3.11. The number of benzene rings is 1. The van der Waals surface area contributed by atoms with Crippen molar-refractivity contribution < 1.29 is 9.53 Å². The van der Waals surface area contributed by atoms with E-state index in [4.69, 9.17) is 10.5 Å². The van der Waals surface area contributed by atoms with Gasteiger partial charge >= 0.3 is 0 Å². The van der Waals surface area contributed by atoms with Crippen molar-refractivity contribution >= 4 is 29.7 Å². The SMILES string of the molecule is COCC(C)C(=O)N1CCCc2c(N)cccc21.Cl. The summed E-state index contributed by atoms with van der Waals surface area (Å²) in [5.74, 6) is -0.00854. The summed E-state index contributed by atoms with van der Waals surface area (Å²) in [7, 11) is 1.62. The van der Waals surface area contributed by atoms with Crippen molar-refractivity contribution in [1.29, 1.82) is 0 Å². The Morgan fingerprint density at radius 3 is 2.95 bits per heavy atom. The number of carbonyl (C=O) groups is 1. The molecule has 0 bridgehead atoms. The van der Waals surface area contributed by atoms with Crippen molar-refractivity contribution in [1.82, 2.24) is 0 Å². The van der Waals surface area contributed by atoms with Gasteiger partial charge in [-0.3, -0.25) is 4.79 Å². The highest BCUT2D eigenvalue weighted by molar-refractivity contribution is 5.96. The third-order valence-electron chi connectivity index (χ3n) is 3.39. The number of ether oxygens (including phenoxy) is 1. The lowest BCUT2D eigenvalue weighted by Gasteiger charge is -2.32. The summed E-state index contributed by atoms with van der Waals surface area (Å²) >= 11 is 0. The third kappa shape index (κ3) is 3.19. The Bertz CT molecular complexity index is 451. The van der Waals surface area contributed by atoms with Crippen LogP contribution in [-0.2, 0) is 16.0 Å².